The molecular weight excluding hydrogens is 336 g/mol. The first kappa shape index (κ1) is 16.5. The number of rotatable bonds is 4. The number of urea groups is 1. The monoisotopic (exact) mass is 358 g/mol. The summed E-state index contributed by atoms with van der Waals surface area (Å²) < 4.78 is 0. The second kappa shape index (κ2) is 6.71. The highest BCUT2D eigenvalue weighted by Crippen LogP contribution is 2.47. The molecule has 2 N–H and O–H groups in total. The fraction of sp³-hybridized carbons (Fsp3) is 0.474. The predicted molar refractivity (Wildman–Crippen MR) is 97.9 cm³/mol. The van der Waals surface area contributed by atoms with Crippen molar-refractivity contribution in [2.24, 2.45) is 0 Å². The van der Waals surface area contributed by atoms with Crippen LogP contribution >= 0.6 is 11.6 Å². The van der Waals surface area contributed by atoms with Crippen LogP contribution in [0.3, 0.4) is 0 Å². The minimum atomic E-state index is 0.0384. The average molecular weight is 359 g/mol. The van der Waals surface area contributed by atoms with Crippen LogP contribution in [0.4, 0.5) is 4.79 Å². The molecule has 6 heteroatoms. The van der Waals surface area contributed by atoms with E-state index in [2.05, 4.69) is 27.4 Å². The van der Waals surface area contributed by atoms with Crippen molar-refractivity contribution in [1.29, 1.82) is 0 Å². The Bertz CT molecular complexity index is 724. The minimum Gasteiger partial charge on any atom is -0.348 e. The van der Waals surface area contributed by atoms with Gasteiger partial charge in [0.15, 0.2) is 0 Å². The topological polar surface area (TPSA) is 61.0 Å². The zero-order valence-corrected chi connectivity index (χ0v) is 14.9. The molecule has 1 unspecified atom stereocenters. The van der Waals surface area contributed by atoms with Crippen molar-refractivity contribution >= 4 is 17.6 Å². The van der Waals surface area contributed by atoms with Crippen molar-refractivity contribution in [3.8, 4) is 0 Å². The van der Waals surface area contributed by atoms with E-state index < -0.39 is 0 Å². The first-order chi connectivity index (χ1) is 12.2. The third kappa shape index (κ3) is 3.52. The van der Waals surface area contributed by atoms with E-state index in [4.69, 9.17) is 11.6 Å². The molecule has 2 heterocycles. The molecule has 1 aromatic heterocycles. The van der Waals surface area contributed by atoms with Crippen molar-refractivity contribution < 1.29 is 4.79 Å². The van der Waals surface area contributed by atoms with Crippen molar-refractivity contribution in [1.82, 2.24) is 20.2 Å². The number of aromatic amines is 1. The number of aromatic nitrogens is 2. The van der Waals surface area contributed by atoms with E-state index in [1.165, 1.54) is 5.56 Å². The van der Waals surface area contributed by atoms with Crippen LogP contribution in [0.2, 0.25) is 5.02 Å². The van der Waals surface area contributed by atoms with Gasteiger partial charge in [-0.25, -0.2) is 9.78 Å². The van der Waals surface area contributed by atoms with Crippen molar-refractivity contribution in [2.45, 2.75) is 37.0 Å². The number of hydrogen-bond donors (Lipinski definition) is 2. The van der Waals surface area contributed by atoms with Crippen LogP contribution in [0.1, 0.15) is 43.0 Å². The fourth-order valence-corrected chi connectivity index (χ4v) is 3.89. The molecular formula is C19H23ClN4O. The van der Waals surface area contributed by atoms with E-state index in [1.54, 1.807) is 6.20 Å². The summed E-state index contributed by atoms with van der Waals surface area (Å²) >= 11 is 5.98. The third-order valence-electron chi connectivity index (χ3n) is 5.50. The molecule has 1 aliphatic carbocycles. The summed E-state index contributed by atoms with van der Waals surface area (Å²) in [7, 11) is 0. The van der Waals surface area contributed by atoms with Crippen molar-refractivity contribution in [3.05, 3.63) is 53.1 Å². The van der Waals surface area contributed by atoms with Gasteiger partial charge in [0.25, 0.3) is 0 Å². The van der Waals surface area contributed by atoms with Crippen LogP contribution in [0.5, 0.6) is 0 Å². The first-order valence-electron chi connectivity index (χ1n) is 8.94. The third-order valence-corrected chi connectivity index (χ3v) is 5.75. The lowest BCUT2D eigenvalue weighted by molar-refractivity contribution is 0.177. The van der Waals surface area contributed by atoms with Crippen LogP contribution < -0.4 is 5.32 Å². The van der Waals surface area contributed by atoms with Crippen LogP contribution in [0, 0.1) is 0 Å². The highest BCUT2D eigenvalue weighted by molar-refractivity contribution is 6.30. The van der Waals surface area contributed by atoms with Gasteiger partial charge in [-0.15, -0.1) is 0 Å². The first-order valence-corrected chi connectivity index (χ1v) is 9.32. The number of hydrogen-bond acceptors (Lipinski definition) is 2. The van der Waals surface area contributed by atoms with Gasteiger partial charge in [-0.1, -0.05) is 23.7 Å². The Morgan fingerprint density at radius 2 is 2.16 bits per heavy atom. The summed E-state index contributed by atoms with van der Waals surface area (Å²) in [5.41, 5.74) is 1.36. The van der Waals surface area contributed by atoms with Crippen LogP contribution in [-0.2, 0) is 5.41 Å². The number of nitrogens with zero attached hydrogens (tertiary/aromatic N) is 2. The second-order valence-electron chi connectivity index (χ2n) is 7.21. The Morgan fingerprint density at radius 1 is 1.36 bits per heavy atom. The lowest BCUT2D eigenvalue weighted by Crippen LogP contribution is -2.47. The molecule has 1 atom stereocenters. The highest BCUT2D eigenvalue weighted by Gasteiger charge is 2.44. The summed E-state index contributed by atoms with van der Waals surface area (Å²) in [5.74, 6) is 1.29. The normalized spacial score (nSPS) is 21.8. The molecule has 0 bridgehead atoms. The molecule has 2 aromatic rings. The van der Waals surface area contributed by atoms with Gasteiger partial charge in [0.2, 0.25) is 0 Å². The number of piperidine rings is 1. The largest absolute Gasteiger partial charge is 0.348 e. The quantitative estimate of drug-likeness (QED) is 0.875. The van der Waals surface area contributed by atoms with E-state index >= 15 is 0 Å². The Labute approximate surface area is 152 Å². The molecule has 1 aromatic carbocycles. The highest BCUT2D eigenvalue weighted by atomic mass is 35.5. The Kier molecular flexibility index (Phi) is 4.42. The lowest BCUT2D eigenvalue weighted by Gasteiger charge is -2.32. The van der Waals surface area contributed by atoms with Gasteiger partial charge in [-0.3, -0.25) is 0 Å². The maximum atomic E-state index is 12.6. The molecule has 2 fully saturated rings. The molecule has 132 valence electrons. The smallest absolute Gasteiger partial charge is 0.317 e. The van der Waals surface area contributed by atoms with Gasteiger partial charge in [-0.2, -0.15) is 0 Å². The summed E-state index contributed by atoms with van der Waals surface area (Å²) in [6, 6.07) is 8.05. The van der Waals surface area contributed by atoms with Crippen LogP contribution in [0.15, 0.2) is 36.7 Å². The number of carbonyl (C=O) groups is 1. The van der Waals surface area contributed by atoms with Crippen LogP contribution in [-0.4, -0.2) is 40.5 Å². The maximum Gasteiger partial charge on any atom is 0.317 e. The molecule has 1 saturated carbocycles. The van der Waals surface area contributed by atoms with E-state index in [-0.39, 0.29) is 11.4 Å². The lowest BCUT2D eigenvalue weighted by atomic mass is 9.96. The number of imidazole rings is 1. The number of halogens is 1. The Balaban J connectivity index is 1.35. The second-order valence-corrected chi connectivity index (χ2v) is 7.64. The Morgan fingerprint density at radius 3 is 2.84 bits per heavy atom. The summed E-state index contributed by atoms with van der Waals surface area (Å²) in [6.45, 7) is 2.24. The maximum absolute atomic E-state index is 12.6. The van der Waals surface area contributed by atoms with Gasteiger partial charge in [0.05, 0.1) is 0 Å². The number of carbonyl (C=O) groups excluding carboxylic acids is 1. The van der Waals surface area contributed by atoms with Gasteiger partial charge in [-0.05, 0) is 43.4 Å². The van der Waals surface area contributed by atoms with Gasteiger partial charge in [0.1, 0.15) is 5.82 Å². The molecule has 0 spiro atoms. The zero-order valence-electron chi connectivity index (χ0n) is 14.2. The molecule has 1 aliphatic heterocycles. The van der Waals surface area contributed by atoms with Gasteiger partial charge in [0, 0.05) is 48.4 Å². The van der Waals surface area contributed by atoms with E-state index in [0.29, 0.717) is 12.5 Å². The molecule has 0 radical (unpaired) electrons. The number of benzene rings is 1. The van der Waals surface area contributed by atoms with Crippen LogP contribution in [0.25, 0.3) is 0 Å². The van der Waals surface area contributed by atoms with Gasteiger partial charge >= 0.3 is 6.03 Å². The summed E-state index contributed by atoms with van der Waals surface area (Å²) in [4.78, 5) is 22.1. The Hall–Kier alpha value is -2.01. The van der Waals surface area contributed by atoms with E-state index in [1.807, 2.05) is 23.2 Å². The molecule has 2 aliphatic rings. The van der Waals surface area contributed by atoms with Crippen molar-refractivity contribution in [2.75, 3.05) is 19.6 Å². The average Bonchev–Trinajstić information content (AvgIpc) is 3.23. The standard InChI is InChI=1S/C19H23ClN4O/c20-16-5-3-15(4-6-16)19(7-8-19)13-23-18(25)24-11-1-2-14(12-24)17-21-9-10-22-17/h3-6,9-10,14H,1-2,7-8,11-13H2,(H,21,22)(H,23,25). The van der Waals surface area contributed by atoms with Gasteiger partial charge < -0.3 is 15.2 Å². The van der Waals surface area contributed by atoms with Crippen molar-refractivity contribution in [3.63, 3.8) is 0 Å². The number of H-pyrrole nitrogens is 1. The summed E-state index contributed by atoms with van der Waals surface area (Å²) in [6.07, 6.45) is 7.94. The molecule has 2 amide bonds. The molecule has 4 rings (SSSR count). The minimum absolute atomic E-state index is 0.0384. The number of amides is 2. The summed E-state index contributed by atoms with van der Waals surface area (Å²) in [5, 5.41) is 3.91. The van der Waals surface area contributed by atoms with E-state index in [9.17, 15) is 4.79 Å². The fourth-order valence-electron chi connectivity index (χ4n) is 3.76. The molecule has 25 heavy (non-hydrogen) atoms. The number of likely N-dealkylation sites (tertiary alicyclic amines) is 1. The number of nitrogens with one attached hydrogen (secondary N) is 2. The SMILES string of the molecule is O=C(NCC1(c2ccc(Cl)cc2)CC1)N1CCCC(c2ncc[nH]2)C1. The predicted octanol–water partition coefficient (Wildman–Crippen LogP) is 3.68. The zero-order chi connectivity index (χ0) is 17.3. The van der Waals surface area contributed by atoms with E-state index in [0.717, 1.165) is 49.6 Å². The molecule has 1 saturated heterocycles. The molecule has 5 nitrogen and oxygen atoms in total.